The summed E-state index contributed by atoms with van der Waals surface area (Å²) in [5, 5.41) is 2.60. The van der Waals surface area contributed by atoms with Crippen LogP contribution in [0.4, 0.5) is 9.18 Å². The molecule has 2 aromatic rings. The molecule has 29 heavy (non-hydrogen) atoms. The van der Waals surface area contributed by atoms with E-state index in [1.54, 1.807) is 19.1 Å². The maximum Gasteiger partial charge on any atom is 0.325 e. The van der Waals surface area contributed by atoms with Crippen LogP contribution in [0.25, 0.3) is 0 Å². The summed E-state index contributed by atoms with van der Waals surface area (Å²) in [6, 6.07) is 11.1. The smallest absolute Gasteiger partial charge is 0.319 e. The highest BCUT2D eigenvalue weighted by atomic mass is 19.1. The van der Waals surface area contributed by atoms with Crippen molar-refractivity contribution in [2.75, 3.05) is 6.54 Å². The fourth-order valence-corrected chi connectivity index (χ4v) is 2.91. The lowest BCUT2D eigenvalue weighted by atomic mass is 9.91. The van der Waals surface area contributed by atoms with Gasteiger partial charge in [0.05, 0.1) is 0 Å². The van der Waals surface area contributed by atoms with Gasteiger partial charge in [0.1, 0.15) is 17.9 Å². The van der Waals surface area contributed by atoms with E-state index < -0.39 is 41.7 Å². The lowest BCUT2D eigenvalue weighted by Gasteiger charge is -2.22. The molecule has 0 aliphatic carbocycles. The Morgan fingerprint density at radius 2 is 1.66 bits per heavy atom. The summed E-state index contributed by atoms with van der Waals surface area (Å²) < 4.78 is 12.9. The van der Waals surface area contributed by atoms with E-state index in [1.807, 2.05) is 19.1 Å². The molecule has 3 rings (SSSR count). The molecular weight excluding hydrogens is 379 g/mol. The molecule has 2 aromatic carbocycles. The van der Waals surface area contributed by atoms with Crippen molar-refractivity contribution in [2.45, 2.75) is 19.4 Å². The second-order valence-electron chi connectivity index (χ2n) is 6.82. The Labute approximate surface area is 166 Å². The molecule has 0 radical (unpaired) electrons. The quantitative estimate of drug-likeness (QED) is 0.534. The summed E-state index contributed by atoms with van der Waals surface area (Å²) >= 11 is 0. The zero-order chi connectivity index (χ0) is 21.2. The molecule has 3 N–H and O–H groups in total. The van der Waals surface area contributed by atoms with Crippen LogP contribution in [-0.4, -0.2) is 35.2 Å². The Kier molecular flexibility index (Phi) is 5.31. The van der Waals surface area contributed by atoms with E-state index in [0.29, 0.717) is 5.56 Å². The van der Waals surface area contributed by atoms with Gasteiger partial charge in [-0.1, -0.05) is 29.8 Å². The SMILES string of the molecule is Cc1ccc([C@]2(C)NC(=O)N(CC(=O)NNC(=O)c3ccc(F)cc3)C2=O)cc1. The van der Waals surface area contributed by atoms with Crippen molar-refractivity contribution >= 4 is 23.8 Å². The highest BCUT2D eigenvalue weighted by Gasteiger charge is 2.49. The maximum atomic E-state index is 12.9. The van der Waals surface area contributed by atoms with Gasteiger partial charge in [0.15, 0.2) is 0 Å². The molecule has 8 nitrogen and oxygen atoms in total. The van der Waals surface area contributed by atoms with Gasteiger partial charge in [0, 0.05) is 5.56 Å². The third-order valence-electron chi connectivity index (χ3n) is 4.63. The van der Waals surface area contributed by atoms with Gasteiger partial charge in [0.2, 0.25) is 0 Å². The van der Waals surface area contributed by atoms with Crippen molar-refractivity contribution in [1.29, 1.82) is 0 Å². The van der Waals surface area contributed by atoms with Gasteiger partial charge >= 0.3 is 6.03 Å². The van der Waals surface area contributed by atoms with Gasteiger partial charge in [-0.05, 0) is 43.7 Å². The molecule has 0 aromatic heterocycles. The van der Waals surface area contributed by atoms with Crippen LogP contribution >= 0.6 is 0 Å². The highest BCUT2D eigenvalue weighted by Crippen LogP contribution is 2.28. The first-order chi connectivity index (χ1) is 13.7. The van der Waals surface area contributed by atoms with Gasteiger partial charge in [0.25, 0.3) is 17.7 Å². The van der Waals surface area contributed by atoms with Crippen LogP contribution in [-0.2, 0) is 15.1 Å². The number of hydrogen-bond donors (Lipinski definition) is 3. The number of carbonyl (C=O) groups excluding carboxylic acids is 4. The van der Waals surface area contributed by atoms with E-state index in [1.165, 1.54) is 12.1 Å². The number of halogens is 1. The summed E-state index contributed by atoms with van der Waals surface area (Å²) in [4.78, 5) is 49.9. The Hall–Kier alpha value is -3.75. The van der Waals surface area contributed by atoms with Crippen LogP contribution in [0.15, 0.2) is 48.5 Å². The number of carbonyl (C=O) groups is 4. The molecule has 0 spiro atoms. The van der Waals surface area contributed by atoms with Gasteiger partial charge in [-0.15, -0.1) is 0 Å². The number of hydrazine groups is 1. The highest BCUT2D eigenvalue weighted by molar-refractivity contribution is 6.09. The first-order valence-corrected chi connectivity index (χ1v) is 8.77. The normalized spacial score (nSPS) is 18.4. The first kappa shape index (κ1) is 20.0. The lowest BCUT2D eigenvalue weighted by molar-refractivity contribution is -0.135. The summed E-state index contributed by atoms with van der Waals surface area (Å²) in [6.07, 6.45) is 0. The molecule has 1 saturated heterocycles. The molecule has 9 heteroatoms. The minimum Gasteiger partial charge on any atom is -0.319 e. The van der Waals surface area contributed by atoms with Gasteiger partial charge in [-0.25, -0.2) is 9.18 Å². The first-order valence-electron chi connectivity index (χ1n) is 8.77. The number of urea groups is 1. The van der Waals surface area contributed by atoms with Crippen molar-refractivity contribution in [3.63, 3.8) is 0 Å². The summed E-state index contributed by atoms with van der Waals surface area (Å²) in [7, 11) is 0. The number of imide groups is 1. The molecule has 1 aliphatic heterocycles. The van der Waals surface area contributed by atoms with E-state index in [4.69, 9.17) is 0 Å². The van der Waals surface area contributed by atoms with E-state index in [-0.39, 0.29) is 5.56 Å². The standard InChI is InChI=1S/C20H19FN4O4/c1-12-3-7-14(8-4-12)20(2)18(28)25(19(29)22-20)11-16(26)23-24-17(27)13-5-9-15(21)10-6-13/h3-10H,11H2,1-2H3,(H,22,29)(H,23,26)(H,24,27)/t20-/m0/s1. The molecular formula is C20H19FN4O4. The predicted molar refractivity (Wildman–Crippen MR) is 101 cm³/mol. The largest absolute Gasteiger partial charge is 0.325 e. The third-order valence-corrected chi connectivity index (χ3v) is 4.63. The van der Waals surface area contributed by atoms with Crippen LogP contribution in [0.1, 0.15) is 28.4 Å². The number of nitrogens with zero attached hydrogens (tertiary/aromatic N) is 1. The van der Waals surface area contributed by atoms with Crippen molar-refractivity contribution in [3.8, 4) is 0 Å². The fraction of sp³-hybridized carbons (Fsp3) is 0.200. The van der Waals surface area contributed by atoms with Gasteiger partial charge in [-0.3, -0.25) is 30.1 Å². The third kappa shape index (κ3) is 4.08. The van der Waals surface area contributed by atoms with Crippen LogP contribution in [0.2, 0.25) is 0 Å². The van der Waals surface area contributed by atoms with Crippen molar-refractivity contribution < 1.29 is 23.6 Å². The summed E-state index contributed by atoms with van der Waals surface area (Å²) in [5.41, 5.74) is 4.72. The zero-order valence-corrected chi connectivity index (χ0v) is 15.8. The molecule has 1 heterocycles. The fourth-order valence-electron chi connectivity index (χ4n) is 2.91. The van der Waals surface area contributed by atoms with E-state index >= 15 is 0 Å². The van der Waals surface area contributed by atoms with E-state index in [2.05, 4.69) is 16.2 Å². The van der Waals surface area contributed by atoms with Gasteiger partial charge < -0.3 is 5.32 Å². The number of aryl methyl sites for hydroxylation is 1. The second kappa shape index (κ2) is 7.70. The Balaban J connectivity index is 1.62. The lowest BCUT2D eigenvalue weighted by Crippen LogP contribution is -2.48. The Morgan fingerprint density at radius 1 is 1.03 bits per heavy atom. The minimum absolute atomic E-state index is 0.133. The Bertz CT molecular complexity index is 975. The van der Waals surface area contributed by atoms with Crippen LogP contribution in [0, 0.1) is 12.7 Å². The van der Waals surface area contributed by atoms with Crippen molar-refractivity contribution in [2.24, 2.45) is 0 Å². The molecule has 1 atom stereocenters. The monoisotopic (exact) mass is 398 g/mol. The number of hydrogen-bond acceptors (Lipinski definition) is 4. The van der Waals surface area contributed by atoms with E-state index in [9.17, 15) is 23.6 Å². The molecule has 0 unspecified atom stereocenters. The molecule has 1 aliphatic rings. The maximum absolute atomic E-state index is 12.9. The topological polar surface area (TPSA) is 108 Å². The number of amides is 5. The molecule has 0 saturated carbocycles. The van der Waals surface area contributed by atoms with Crippen LogP contribution in [0.5, 0.6) is 0 Å². The number of benzene rings is 2. The average Bonchev–Trinajstić information content (AvgIpc) is 2.91. The average molecular weight is 398 g/mol. The van der Waals surface area contributed by atoms with Crippen molar-refractivity contribution in [1.82, 2.24) is 21.1 Å². The predicted octanol–water partition coefficient (Wildman–Crippen LogP) is 1.36. The summed E-state index contributed by atoms with van der Waals surface area (Å²) in [5.74, 6) is -2.51. The number of rotatable bonds is 4. The van der Waals surface area contributed by atoms with Crippen LogP contribution < -0.4 is 16.2 Å². The zero-order valence-electron chi connectivity index (χ0n) is 15.8. The molecule has 1 fully saturated rings. The summed E-state index contributed by atoms with van der Waals surface area (Å²) in [6.45, 7) is 2.89. The number of nitrogens with one attached hydrogen (secondary N) is 3. The Morgan fingerprint density at radius 3 is 2.28 bits per heavy atom. The molecule has 150 valence electrons. The molecule has 0 bridgehead atoms. The molecule has 5 amide bonds. The minimum atomic E-state index is -1.29. The van der Waals surface area contributed by atoms with Gasteiger partial charge in [-0.2, -0.15) is 0 Å². The second-order valence-corrected chi connectivity index (χ2v) is 6.82. The van der Waals surface area contributed by atoms with Crippen LogP contribution in [0.3, 0.4) is 0 Å². The van der Waals surface area contributed by atoms with E-state index in [0.717, 1.165) is 22.6 Å². The van der Waals surface area contributed by atoms with Crippen molar-refractivity contribution in [3.05, 3.63) is 71.0 Å².